The van der Waals surface area contributed by atoms with Crippen LogP contribution in [0.1, 0.15) is 42.3 Å². The number of esters is 1. The lowest BCUT2D eigenvalue weighted by Crippen LogP contribution is -2.36. The molecule has 4 aromatic rings. The van der Waals surface area contributed by atoms with E-state index in [0.717, 1.165) is 25.7 Å². The number of nitrogens with zero attached hydrogens (tertiary/aromatic N) is 5. The number of amides is 2. The number of hydrogen-bond acceptors (Lipinski definition) is 12. The van der Waals surface area contributed by atoms with E-state index in [-0.39, 0.29) is 35.7 Å². The van der Waals surface area contributed by atoms with Gasteiger partial charge in [0.1, 0.15) is 35.9 Å². The largest absolute Gasteiger partial charge is 0.507 e. The number of imidazole rings is 1. The first-order valence-electron chi connectivity index (χ1n) is 15.0. The standard InChI is InChI=1S/C30H38N10O7/c1-46-28(44)17-10-16-6-7-18(12-19(16)20(41)11-17)39-30(45)34-9-5-3-2-4-8-33-29(32)35-13-21-23(42)24(43)27(47-21)40-15-38-22-25(31)36-14-37-26(22)40/h6-7,10-12,14-15,21,23-24,27,41-43H,2-5,8-9,13H2,1H3,(H2,31,36,37)(H3,32,33,35)(H2,34,39,45)/t21-,23-,24-,27-/m1/s1. The number of nitrogens with two attached hydrogens (primary N) is 2. The summed E-state index contributed by atoms with van der Waals surface area (Å²) in [5.74, 6) is -0.253. The predicted molar refractivity (Wildman–Crippen MR) is 173 cm³/mol. The number of rotatable bonds is 12. The summed E-state index contributed by atoms with van der Waals surface area (Å²) in [4.78, 5) is 40.6. The van der Waals surface area contributed by atoms with Crippen molar-refractivity contribution < 1.29 is 34.4 Å². The minimum atomic E-state index is -1.24. The molecule has 0 bridgehead atoms. The van der Waals surface area contributed by atoms with Crippen LogP contribution in [0, 0.1) is 0 Å². The summed E-state index contributed by atoms with van der Waals surface area (Å²) in [6.45, 7) is 1.10. The average molecular weight is 651 g/mol. The molecule has 10 N–H and O–H groups in total. The third kappa shape index (κ3) is 7.76. The number of aromatic nitrogens is 4. The minimum absolute atomic E-state index is 0.0295. The van der Waals surface area contributed by atoms with E-state index in [4.69, 9.17) is 20.9 Å². The number of benzene rings is 2. The quantitative estimate of drug-likeness (QED) is 0.0460. The topological polar surface area (TPSA) is 257 Å². The molecular formula is C30H38N10O7. The van der Waals surface area contributed by atoms with Gasteiger partial charge in [-0.05, 0) is 42.5 Å². The highest BCUT2D eigenvalue weighted by molar-refractivity contribution is 6.00. The highest BCUT2D eigenvalue weighted by Crippen LogP contribution is 2.32. The smallest absolute Gasteiger partial charge is 0.338 e. The zero-order chi connectivity index (χ0) is 33.5. The van der Waals surface area contributed by atoms with Gasteiger partial charge in [-0.1, -0.05) is 18.9 Å². The highest BCUT2D eigenvalue weighted by atomic mass is 16.6. The molecule has 17 nitrogen and oxygen atoms in total. The van der Waals surface area contributed by atoms with E-state index >= 15 is 0 Å². The van der Waals surface area contributed by atoms with Crippen molar-refractivity contribution in [3.05, 3.63) is 48.5 Å². The predicted octanol–water partition coefficient (Wildman–Crippen LogP) is 0.960. The van der Waals surface area contributed by atoms with Crippen LogP contribution in [-0.2, 0) is 9.47 Å². The fraction of sp³-hybridized carbons (Fsp3) is 0.400. The molecule has 0 unspecified atom stereocenters. The Bertz CT molecular complexity index is 1760. The van der Waals surface area contributed by atoms with Crippen molar-refractivity contribution in [2.75, 3.05) is 37.8 Å². The van der Waals surface area contributed by atoms with E-state index in [2.05, 4.69) is 35.9 Å². The van der Waals surface area contributed by atoms with Gasteiger partial charge in [0.25, 0.3) is 0 Å². The molecule has 1 aliphatic rings. The third-order valence-corrected chi connectivity index (χ3v) is 7.75. The van der Waals surface area contributed by atoms with Crippen molar-refractivity contribution in [1.82, 2.24) is 30.2 Å². The van der Waals surface area contributed by atoms with E-state index in [1.165, 1.54) is 30.4 Å². The Labute approximate surface area is 269 Å². The lowest BCUT2D eigenvalue weighted by Gasteiger charge is -2.16. The van der Waals surface area contributed by atoms with Crippen LogP contribution in [0.4, 0.5) is 16.3 Å². The number of phenolic OH excluding ortho intramolecular Hbond substituents is 1. The molecule has 1 saturated heterocycles. The SMILES string of the molecule is COC(=O)c1cc(O)c2cc(NC(=O)NCCCCCCNC(N)=NC[C@H]3O[C@@H](n4cnc5c(N)ncnc54)[C@H](O)[C@@H]3O)ccc2c1. The number of aromatic hydroxyl groups is 1. The Morgan fingerprint density at radius 2 is 1.81 bits per heavy atom. The number of methoxy groups -OCH3 is 1. The molecule has 0 spiro atoms. The van der Waals surface area contributed by atoms with Gasteiger partial charge in [-0.15, -0.1) is 0 Å². The van der Waals surface area contributed by atoms with Crippen molar-refractivity contribution in [2.24, 2.45) is 10.7 Å². The Hall–Kier alpha value is -5.26. The molecule has 2 aromatic heterocycles. The van der Waals surface area contributed by atoms with Crippen molar-refractivity contribution in [3.8, 4) is 5.75 Å². The number of anilines is 2. The molecule has 0 aliphatic carbocycles. The van der Waals surface area contributed by atoms with Crippen LogP contribution in [0.25, 0.3) is 21.9 Å². The lowest BCUT2D eigenvalue weighted by atomic mass is 10.0. The number of urea groups is 1. The van der Waals surface area contributed by atoms with Crippen LogP contribution in [0.2, 0.25) is 0 Å². The maximum Gasteiger partial charge on any atom is 0.338 e. The number of hydrogen-bond donors (Lipinski definition) is 8. The molecule has 250 valence electrons. The fourth-order valence-corrected chi connectivity index (χ4v) is 5.26. The van der Waals surface area contributed by atoms with E-state index in [0.29, 0.717) is 40.7 Å². The summed E-state index contributed by atoms with van der Waals surface area (Å²) < 4.78 is 12.1. The number of unbranched alkanes of at least 4 members (excludes halogenated alkanes) is 3. The number of nitrogen functional groups attached to an aromatic ring is 1. The normalized spacial score (nSPS) is 19.6. The Balaban J connectivity index is 0.966. The molecular weight excluding hydrogens is 612 g/mol. The molecule has 1 fully saturated rings. The number of phenols is 1. The Morgan fingerprint density at radius 1 is 1.04 bits per heavy atom. The summed E-state index contributed by atoms with van der Waals surface area (Å²) in [5, 5.41) is 41.1. The molecule has 0 radical (unpaired) electrons. The van der Waals surface area contributed by atoms with Gasteiger partial charge < -0.3 is 52.2 Å². The number of carbonyl (C=O) groups excluding carboxylic acids is 2. The van der Waals surface area contributed by atoms with Crippen molar-refractivity contribution in [3.63, 3.8) is 0 Å². The number of nitrogens with one attached hydrogen (secondary N) is 3. The lowest BCUT2D eigenvalue weighted by molar-refractivity contribution is -0.0320. The van der Waals surface area contributed by atoms with Crippen LogP contribution in [0.15, 0.2) is 48.0 Å². The van der Waals surface area contributed by atoms with Gasteiger partial charge in [-0.25, -0.2) is 24.5 Å². The van der Waals surface area contributed by atoms with E-state index in [1.807, 2.05) is 0 Å². The molecule has 4 atom stereocenters. The van der Waals surface area contributed by atoms with Crippen LogP contribution >= 0.6 is 0 Å². The molecule has 17 heteroatoms. The number of carbonyl (C=O) groups is 2. The Morgan fingerprint density at radius 3 is 2.57 bits per heavy atom. The third-order valence-electron chi connectivity index (χ3n) is 7.75. The van der Waals surface area contributed by atoms with Crippen molar-refractivity contribution >= 4 is 51.4 Å². The van der Waals surface area contributed by atoms with Gasteiger partial charge in [-0.2, -0.15) is 0 Å². The molecule has 0 saturated carbocycles. The molecule has 47 heavy (non-hydrogen) atoms. The maximum absolute atomic E-state index is 12.3. The average Bonchev–Trinajstić information content (AvgIpc) is 3.61. The fourth-order valence-electron chi connectivity index (χ4n) is 5.26. The highest BCUT2D eigenvalue weighted by Gasteiger charge is 2.44. The summed E-state index contributed by atoms with van der Waals surface area (Å²) in [5.41, 5.74) is 13.3. The summed E-state index contributed by atoms with van der Waals surface area (Å²) >= 11 is 0. The van der Waals surface area contributed by atoms with Gasteiger partial charge >= 0.3 is 12.0 Å². The summed E-state index contributed by atoms with van der Waals surface area (Å²) in [6.07, 6.45) is 1.91. The van der Waals surface area contributed by atoms with E-state index < -0.39 is 30.5 Å². The van der Waals surface area contributed by atoms with Crippen LogP contribution in [0.3, 0.4) is 0 Å². The first-order chi connectivity index (χ1) is 22.7. The summed E-state index contributed by atoms with van der Waals surface area (Å²) in [6, 6.07) is 7.58. The zero-order valence-electron chi connectivity index (χ0n) is 25.7. The number of aliphatic hydroxyl groups is 2. The monoisotopic (exact) mass is 650 g/mol. The number of fused-ring (bicyclic) bond motifs is 2. The molecule has 3 heterocycles. The molecule has 5 rings (SSSR count). The van der Waals surface area contributed by atoms with Gasteiger partial charge in [-0.3, -0.25) is 9.56 Å². The second-order valence-corrected chi connectivity index (χ2v) is 11.0. The van der Waals surface area contributed by atoms with Crippen LogP contribution in [-0.4, -0.2) is 97.9 Å². The second-order valence-electron chi connectivity index (χ2n) is 11.0. The number of aliphatic hydroxyl groups excluding tert-OH is 2. The minimum Gasteiger partial charge on any atom is -0.507 e. The number of guanidine groups is 1. The summed E-state index contributed by atoms with van der Waals surface area (Å²) in [7, 11) is 1.27. The zero-order valence-corrected chi connectivity index (χ0v) is 25.7. The number of ether oxygens (including phenoxy) is 2. The molecule has 2 aromatic carbocycles. The maximum atomic E-state index is 12.3. The van der Waals surface area contributed by atoms with Crippen LogP contribution in [0.5, 0.6) is 5.75 Å². The Kier molecular flexibility index (Phi) is 10.5. The van der Waals surface area contributed by atoms with Gasteiger partial charge in [0, 0.05) is 24.2 Å². The second kappa shape index (κ2) is 14.9. The van der Waals surface area contributed by atoms with Crippen LogP contribution < -0.4 is 27.4 Å². The first kappa shape index (κ1) is 33.1. The van der Waals surface area contributed by atoms with E-state index in [9.17, 15) is 24.9 Å². The molecule has 2 amide bonds. The first-order valence-corrected chi connectivity index (χ1v) is 15.0. The van der Waals surface area contributed by atoms with E-state index in [1.54, 1.807) is 24.3 Å². The number of aliphatic imine (C=N–C) groups is 1. The van der Waals surface area contributed by atoms with Crippen molar-refractivity contribution in [1.29, 1.82) is 0 Å². The van der Waals surface area contributed by atoms with Gasteiger partial charge in [0.2, 0.25) is 0 Å². The molecule has 1 aliphatic heterocycles. The van der Waals surface area contributed by atoms with Gasteiger partial charge in [0.15, 0.2) is 23.7 Å². The van der Waals surface area contributed by atoms with Crippen molar-refractivity contribution in [2.45, 2.75) is 50.2 Å². The van der Waals surface area contributed by atoms with Gasteiger partial charge in [0.05, 0.1) is 25.5 Å².